The van der Waals surface area contributed by atoms with Gasteiger partial charge in [-0.1, -0.05) is 31.2 Å². The number of aromatic nitrogens is 4. The minimum absolute atomic E-state index is 0.412. The zero-order valence-corrected chi connectivity index (χ0v) is 12.1. The number of nitrogens with zero attached hydrogens (tertiary/aromatic N) is 4. The summed E-state index contributed by atoms with van der Waals surface area (Å²) in [5.74, 6) is 0.851. The second-order valence-electron chi connectivity index (χ2n) is 4.73. The lowest BCUT2D eigenvalue weighted by molar-refractivity contribution is 0.401. The van der Waals surface area contributed by atoms with E-state index in [0.29, 0.717) is 29.5 Å². The highest BCUT2D eigenvalue weighted by Crippen LogP contribution is 2.24. The van der Waals surface area contributed by atoms with Gasteiger partial charge in [0.15, 0.2) is 11.2 Å². The smallest absolute Gasteiger partial charge is 0.245 e. The summed E-state index contributed by atoms with van der Waals surface area (Å²) in [7, 11) is 1.56. The zero-order chi connectivity index (χ0) is 14.8. The van der Waals surface area contributed by atoms with E-state index in [2.05, 4.69) is 34.0 Å². The molecule has 0 saturated carbocycles. The number of nitrogen functional groups attached to an aromatic ring is 1. The quantitative estimate of drug-likeness (QED) is 0.792. The van der Waals surface area contributed by atoms with Gasteiger partial charge in [0.1, 0.15) is 6.33 Å². The Morgan fingerprint density at radius 3 is 2.67 bits per heavy atom. The van der Waals surface area contributed by atoms with E-state index in [1.807, 2.05) is 16.7 Å². The van der Waals surface area contributed by atoms with Gasteiger partial charge in [-0.15, -0.1) is 0 Å². The van der Waals surface area contributed by atoms with Crippen molar-refractivity contribution in [1.29, 1.82) is 0 Å². The van der Waals surface area contributed by atoms with Gasteiger partial charge in [0.05, 0.1) is 13.7 Å². The van der Waals surface area contributed by atoms with E-state index in [9.17, 15) is 0 Å². The standard InChI is InChI=1S/C15H17N5O/c1-3-10-6-4-5-7-11(10)8-20-13-12(19-15(20)16)14(21-2)18-9-17-13/h4-7,9H,3,8H2,1-2H3,(H2,16,19). The Labute approximate surface area is 122 Å². The van der Waals surface area contributed by atoms with Gasteiger partial charge in [0, 0.05) is 0 Å². The number of rotatable bonds is 4. The molecule has 6 nitrogen and oxygen atoms in total. The lowest BCUT2D eigenvalue weighted by atomic mass is 10.1. The van der Waals surface area contributed by atoms with E-state index in [-0.39, 0.29) is 0 Å². The molecule has 0 radical (unpaired) electrons. The summed E-state index contributed by atoms with van der Waals surface area (Å²) in [6.07, 6.45) is 2.44. The average molecular weight is 283 g/mol. The van der Waals surface area contributed by atoms with Gasteiger partial charge in [-0.05, 0) is 17.5 Å². The molecule has 0 fully saturated rings. The van der Waals surface area contributed by atoms with Crippen LogP contribution in [0, 0.1) is 0 Å². The molecule has 0 amide bonds. The molecule has 0 bridgehead atoms. The fourth-order valence-electron chi connectivity index (χ4n) is 2.46. The van der Waals surface area contributed by atoms with Crippen LogP contribution in [0.15, 0.2) is 30.6 Å². The number of nitrogens with two attached hydrogens (primary N) is 1. The van der Waals surface area contributed by atoms with E-state index < -0.39 is 0 Å². The molecule has 0 spiro atoms. The van der Waals surface area contributed by atoms with Crippen molar-refractivity contribution in [2.75, 3.05) is 12.8 Å². The first-order valence-electron chi connectivity index (χ1n) is 6.82. The van der Waals surface area contributed by atoms with Crippen LogP contribution < -0.4 is 10.5 Å². The van der Waals surface area contributed by atoms with Crippen LogP contribution in [0.4, 0.5) is 5.95 Å². The number of aryl methyl sites for hydroxylation is 1. The lowest BCUT2D eigenvalue weighted by Gasteiger charge is -2.10. The summed E-state index contributed by atoms with van der Waals surface area (Å²) in [6, 6.07) is 8.30. The van der Waals surface area contributed by atoms with Gasteiger partial charge < -0.3 is 10.5 Å². The Hall–Kier alpha value is -2.63. The Kier molecular flexibility index (Phi) is 3.43. The van der Waals surface area contributed by atoms with E-state index >= 15 is 0 Å². The second kappa shape index (κ2) is 5.40. The Bertz CT molecular complexity index is 781. The van der Waals surface area contributed by atoms with Crippen LogP contribution in [0.1, 0.15) is 18.1 Å². The molecule has 108 valence electrons. The minimum atomic E-state index is 0.412. The highest BCUT2D eigenvalue weighted by Gasteiger charge is 2.15. The highest BCUT2D eigenvalue weighted by molar-refractivity contribution is 5.79. The Balaban J connectivity index is 2.11. The van der Waals surface area contributed by atoms with Gasteiger partial charge in [-0.2, -0.15) is 4.98 Å². The molecule has 3 rings (SSSR count). The fraction of sp³-hybridized carbons (Fsp3) is 0.267. The molecule has 3 aromatic rings. The third-order valence-electron chi connectivity index (χ3n) is 3.55. The normalized spacial score (nSPS) is 11.0. The van der Waals surface area contributed by atoms with Gasteiger partial charge in [-0.3, -0.25) is 4.57 Å². The third-order valence-corrected chi connectivity index (χ3v) is 3.55. The van der Waals surface area contributed by atoms with Gasteiger partial charge >= 0.3 is 0 Å². The molecular weight excluding hydrogens is 266 g/mol. The average Bonchev–Trinajstić information content (AvgIpc) is 2.84. The fourth-order valence-corrected chi connectivity index (χ4v) is 2.46. The van der Waals surface area contributed by atoms with Crippen LogP contribution in [0.2, 0.25) is 0 Å². The predicted octanol–water partition coefficient (Wildman–Crippen LogP) is 2.03. The van der Waals surface area contributed by atoms with Crippen LogP contribution in [0.5, 0.6) is 5.88 Å². The number of hydrogen-bond donors (Lipinski definition) is 1. The molecule has 0 atom stereocenters. The first kappa shape index (κ1) is 13.4. The number of ether oxygens (including phenoxy) is 1. The van der Waals surface area contributed by atoms with Crippen LogP contribution in [-0.2, 0) is 13.0 Å². The van der Waals surface area contributed by atoms with Crippen molar-refractivity contribution >= 4 is 17.1 Å². The molecule has 2 N–H and O–H groups in total. The first-order chi connectivity index (χ1) is 10.2. The monoisotopic (exact) mass is 283 g/mol. The Morgan fingerprint density at radius 2 is 1.95 bits per heavy atom. The van der Waals surface area contributed by atoms with E-state index in [0.717, 1.165) is 6.42 Å². The van der Waals surface area contributed by atoms with Crippen molar-refractivity contribution in [2.24, 2.45) is 0 Å². The number of imidazole rings is 1. The van der Waals surface area contributed by atoms with Crippen molar-refractivity contribution in [3.8, 4) is 5.88 Å². The number of hydrogen-bond acceptors (Lipinski definition) is 5. The Morgan fingerprint density at radius 1 is 1.19 bits per heavy atom. The third kappa shape index (κ3) is 2.29. The first-order valence-corrected chi connectivity index (χ1v) is 6.82. The molecule has 2 aromatic heterocycles. The van der Waals surface area contributed by atoms with Gasteiger partial charge in [0.25, 0.3) is 0 Å². The second-order valence-corrected chi connectivity index (χ2v) is 4.73. The summed E-state index contributed by atoms with van der Waals surface area (Å²) >= 11 is 0. The van der Waals surface area contributed by atoms with Crippen molar-refractivity contribution < 1.29 is 4.74 Å². The van der Waals surface area contributed by atoms with Crippen LogP contribution in [0.3, 0.4) is 0 Å². The molecule has 0 aliphatic rings. The van der Waals surface area contributed by atoms with Gasteiger partial charge in [-0.25, -0.2) is 9.97 Å². The molecule has 1 aromatic carbocycles. The van der Waals surface area contributed by atoms with Crippen LogP contribution in [-0.4, -0.2) is 26.6 Å². The molecule has 6 heteroatoms. The molecule has 0 aliphatic carbocycles. The maximum absolute atomic E-state index is 6.04. The van der Waals surface area contributed by atoms with E-state index in [1.54, 1.807) is 7.11 Å². The van der Waals surface area contributed by atoms with Crippen LogP contribution >= 0.6 is 0 Å². The van der Waals surface area contributed by atoms with Crippen LogP contribution in [0.25, 0.3) is 11.2 Å². The minimum Gasteiger partial charge on any atom is -0.479 e. The zero-order valence-electron chi connectivity index (χ0n) is 12.1. The van der Waals surface area contributed by atoms with E-state index in [4.69, 9.17) is 10.5 Å². The molecular formula is C15H17N5O. The maximum atomic E-state index is 6.04. The summed E-state index contributed by atoms with van der Waals surface area (Å²) < 4.78 is 7.09. The molecule has 2 heterocycles. The topological polar surface area (TPSA) is 78.9 Å². The predicted molar refractivity (Wildman–Crippen MR) is 81.2 cm³/mol. The maximum Gasteiger partial charge on any atom is 0.245 e. The van der Waals surface area contributed by atoms with E-state index in [1.165, 1.54) is 17.5 Å². The molecule has 21 heavy (non-hydrogen) atoms. The summed E-state index contributed by atoms with van der Waals surface area (Å²) in [6.45, 7) is 2.77. The number of fused-ring (bicyclic) bond motifs is 1. The van der Waals surface area contributed by atoms with Crippen molar-refractivity contribution in [2.45, 2.75) is 19.9 Å². The number of benzene rings is 1. The van der Waals surface area contributed by atoms with Crippen molar-refractivity contribution in [1.82, 2.24) is 19.5 Å². The van der Waals surface area contributed by atoms with Gasteiger partial charge in [0.2, 0.25) is 11.8 Å². The number of methoxy groups -OCH3 is 1. The summed E-state index contributed by atoms with van der Waals surface area (Å²) in [4.78, 5) is 12.7. The van der Waals surface area contributed by atoms with Crippen molar-refractivity contribution in [3.05, 3.63) is 41.7 Å². The summed E-state index contributed by atoms with van der Waals surface area (Å²) in [5.41, 5.74) is 9.82. The molecule has 0 aliphatic heterocycles. The number of anilines is 1. The summed E-state index contributed by atoms with van der Waals surface area (Å²) in [5, 5.41) is 0. The largest absolute Gasteiger partial charge is 0.479 e. The molecule has 0 saturated heterocycles. The lowest BCUT2D eigenvalue weighted by Crippen LogP contribution is -2.07. The highest BCUT2D eigenvalue weighted by atomic mass is 16.5. The molecule has 0 unspecified atom stereocenters. The SMILES string of the molecule is CCc1ccccc1Cn1c(N)nc2c(OC)ncnc21. The van der Waals surface area contributed by atoms with Crippen molar-refractivity contribution in [3.63, 3.8) is 0 Å².